The van der Waals surface area contributed by atoms with Crippen LogP contribution < -0.4 is 5.32 Å². The summed E-state index contributed by atoms with van der Waals surface area (Å²) in [7, 11) is 1.63. The minimum atomic E-state index is -1.24. The summed E-state index contributed by atoms with van der Waals surface area (Å²) in [5.74, 6) is -1.23. The van der Waals surface area contributed by atoms with Gasteiger partial charge in [0.05, 0.1) is 6.42 Å². The Labute approximate surface area is 172 Å². The van der Waals surface area contributed by atoms with Crippen LogP contribution in [0, 0.1) is 0 Å². The Kier molecular flexibility index (Phi) is 5.05. The van der Waals surface area contributed by atoms with Crippen molar-refractivity contribution in [1.29, 1.82) is 0 Å². The Hall–Kier alpha value is -2.12. The molecule has 2 fully saturated rings. The second-order valence-corrected chi connectivity index (χ2v) is 9.94. The van der Waals surface area contributed by atoms with Crippen molar-refractivity contribution in [3.63, 3.8) is 0 Å². The third kappa shape index (κ3) is 3.37. The molecular weight excluding hydrogens is 424 g/mol. The van der Waals surface area contributed by atoms with Gasteiger partial charge < -0.3 is 15.3 Å². The fourth-order valence-corrected chi connectivity index (χ4v) is 6.48. The van der Waals surface area contributed by atoms with Crippen LogP contribution in [0.25, 0.3) is 0 Å². The van der Waals surface area contributed by atoms with Gasteiger partial charge in [0.25, 0.3) is 0 Å². The molecule has 0 aliphatic carbocycles. The lowest BCUT2D eigenvalue weighted by atomic mass is 10.0. The Morgan fingerprint density at radius 2 is 2.32 bits per heavy atom. The average Bonchev–Trinajstić information content (AvgIpc) is 3.31. The van der Waals surface area contributed by atoms with E-state index in [1.54, 1.807) is 7.05 Å². The van der Waals surface area contributed by atoms with Crippen molar-refractivity contribution < 1.29 is 19.5 Å². The molecule has 2 aromatic heterocycles. The number of aromatic nitrogens is 4. The molecule has 13 heteroatoms. The number of nitrogens with one attached hydrogen (secondary N) is 1. The van der Waals surface area contributed by atoms with Crippen molar-refractivity contribution in [1.82, 2.24) is 30.4 Å². The highest BCUT2D eigenvalue weighted by molar-refractivity contribution is 8.04. The Morgan fingerprint density at radius 3 is 2.96 bits per heavy atom. The first-order valence-corrected chi connectivity index (χ1v) is 11.0. The summed E-state index contributed by atoms with van der Waals surface area (Å²) in [5, 5.41) is 25.7. The number of amides is 2. The quantitative estimate of drug-likeness (QED) is 0.588. The van der Waals surface area contributed by atoms with Gasteiger partial charge in [0, 0.05) is 24.2 Å². The molecular formula is C15H16N6O4S3. The van der Waals surface area contributed by atoms with Gasteiger partial charge in [0.2, 0.25) is 17.0 Å². The number of aryl methyl sites for hydroxylation is 1. The minimum absolute atomic E-state index is 0.0354. The molecule has 2 N–H and O–H groups in total. The second-order valence-electron chi connectivity index (χ2n) is 6.46. The van der Waals surface area contributed by atoms with Crippen molar-refractivity contribution >= 4 is 52.6 Å². The zero-order valence-corrected chi connectivity index (χ0v) is 17.1. The predicted molar refractivity (Wildman–Crippen MR) is 103 cm³/mol. The van der Waals surface area contributed by atoms with Gasteiger partial charge in [-0.25, -0.2) is 4.68 Å². The number of fused-ring (bicyclic) bond motifs is 1. The Balaban J connectivity index is 1.42. The number of β-lactam (4-membered cyclic amide) rings is 1. The first kappa shape index (κ1) is 19.2. The molecule has 2 aliphatic heterocycles. The molecule has 0 bridgehead atoms. The highest BCUT2D eigenvalue weighted by Crippen LogP contribution is 2.45. The average molecular weight is 441 g/mol. The molecule has 0 saturated carbocycles. The monoisotopic (exact) mass is 440 g/mol. The molecule has 28 heavy (non-hydrogen) atoms. The second kappa shape index (κ2) is 7.37. The largest absolute Gasteiger partial charge is 0.480 e. The van der Waals surface area contributed by atoms with E-state index in [0.717, 1.165) is 16.6 Å². The molecule has 4 rings (SSSR count). The van der Waals surface area contributed by atoms with Crippen molar-refractivity contribution in [2.24, 2.45) is 7.05 Å². The molecule has 0 aromatic carbocycles. The van der Waals surface area contributed by atoms with Gasteiger partial charge in [0.1, 0.15) is 16.2 Å². The van der Waals surface area contributed by atoms with Crippen molar-refractivity contribution in [2.45, 2.75) is 27.7 Å². The van der Waals surface area contributed by atoms with E-state index < -0.39 is 16.8 Å². The van der Waals surface area contributed by atoms with E-state index in [-0.39, 0.29) is 35.9 Å². The molecule has 148 valence electrons. The summed E-state index contributed by atoms with van der Waals surface area (Å²) in [6.07, 6.45) is 0.229. The van der Waals surface area contributed by atoms with Gasteiger partial charge in [0.15, 0.2) is 0 Å². The molecule has 0 spiro atoms. The van der Waals surface area contributed by atoms with E-state index in [1.165, 1.54) is 32.7 Å². The molecule has 2 amide bonds. The van der Waals surface area contributed by atoms with Gasteiger partial charge in [-0.15, -0.1) is 28.2 Å². The number of carboxylic acids is 1. The maximum Gasteiger partial charge on any atom is 0.322 e. The first-order valence-electron chi connectivity index (χ1n) is 8.28. The van der Waals surface area contributed by atoms with Crippen molar-refractivity contribution in [2.75, 3.05) is 12.3 Å². The number of hydrogen-bond donors (Lipinski definition) is 2. The maximum atomic E-state index is 12.6. The van der Waals surface area contributed by atoms with Crippen molar-refractivity contribution in [3.05, 3.63) is 22.4 Å². The van der Waals surface area contributed by atoms with Crippen LogP contribution in [0.5, 0.6) is 0 Å². The first-order chi connectivity index (χ1) is 13.4. The van der Waals surface area contributed by atoms with Crippen LogP contribution in [0.2, 0.25) is 0 Å². The van der Waals surface area contributed by atoms with Crippen LogP contribution in [0.3, 0.4) is 0 Å². The molecule has 2 unspecified atom stereocenters. The zero-order chi connectivity index (χ0) is 19.9. The van der Waals surface area contributed by atoms with Gasteiger partial charge in [-0.1, -0.05) is 17.8 Å². The van der Waals surface area contributed by atoms with E-state index in [9.17, 15) is 19.5 Å². The number of hydrogen-bond acceptors (Lipinski definition) is 9. The molecule has 0 radical (unpaired) electrons. The van der Waals surface area contributed by atoms with Gasteiger partial charge in [-0.2, -0.15) is 0 Å². The predicted octanol–water partition coefficient (Wildman–Crippen LogP) is -0.170. The van der Waals surface area contributed by atoms with E-state index in [1.807, 2.05) is 17.5 Å². The fourth-order valence-electron chi connectivity index (χ4n) is 3.06. The van der Waals surface area contributed by atoms with Crippen LogP contribution in [-0.4, -0.2) is 76.5 Å². The number of thioether (sulfide) groups is 2. The SMILES string of the molecule is Cn1nnnc1SC1(C(=O)O)CS[C@@H]2C(NC(=O)Cc3cccs3)C(=O)N2C1. The third-order valence-electron chi connectivity index (χ3n) is 4.54. The Morgan fingerprint density at radius 1 is 1.50 bits per heavy atom. The third-order valence-corrected chi connectivity index (χ3v) is 8.50. The number of aliphatic carboxylic acids is 1. The number of carbonyl (C=O) groups excluding carboxylic acids is 2. The summed E-state index contributed by atoms with van der Waals surface area (Å²) in [6.45, 7) is 0.0354. The molecule has 4 heterocycles. The number of nitrogens with zero attached hydrogens (tertiary/aromatic N) is 5. The van der Waals surface area contributed by atoms with Gasteiger partial charge in [-0.3, -0.25) is 14.4 Å². The topological polar surface area (TPSA) is 130 Å². The molecule has 2 aromatic rings. The highest BCUT2D eigenvalue weighted by Gasteiger charge is 2.58. The number of carbonyl (C=O) groups is 3. The van der Waals surface area contributed by atoms with Crippen LogP contribution >= 0.6 is 34.9 Å². The maximum absolute atomic E-state index is 12.6. The fraction of sp³-hybridized carbons (Fsp3) is 0.467. The normalized spacial score (nSPS) is 26.5. The van der Waals surface area contributed by atoms with E-state index >= 15 is 0 Å². The molecule has 2 aliphatic rings. The summed E-state index contributed by atoms with van der Waals surface area (Å²) in [5.41, 5.74) is 0. The zero-order valence-electron chi connectivity index (χ0n) is 14.6. The number of rotatable bonds is 6. The number of carboxylic acid groups (broad SMARTS) is 1. The highest BCUT2D eigenvalue weighted by atomic mass is 32.2. The van der Waals surface area contributed by atoms with E-state index in [0.29, 0.717) is 5.16 Å². The number of thiophene rings is 1. The summed E-state index contributed by atoms with van der Waals surface area (Å²) >= 11 is 3.88. The summed E-state index contributed by atoms with van der Waals surface area (Å²) in [6, 6.07) is 3.12. The van der Waals surface area contributed by atoms with E-state index in [4.69, 9.17) is 0 Å². The van der Waals surface area contributed by atoms with Gasteiger partial charge in [-0.05, 0) is 21.9 Å². The molecule has 10 nitrogen and oxygen atoms in total. The van der Waals surface area contributed by atoms with Gasteiger partial charge >= 0.3 is 5.97 Å². The van der Waals surface area contributed by atoms with Crippen LogP contribution in [-0.2, 0) is 27.9 Å². The molecule has 2 saturated heterocycles. The minimum Gasteiger partial charge on any atom is -0.480 e. The van der Waals surface area contributed by atoms with Crippen LogP contribution in [0.1, 0.15) is 4.88 Å². The number of tetrazole rings is 1. The van der Waals surface area contributed by atoms with Crippen LogP contribution in [0.15, 0.2) is 22.7 Å². The lowest BCUT2D eigenvalue weighted by molar-refractivity contribution is -0.152. The molecule has 3 atom stereocenters. The van der Waals surface area contributed by atoms with Crippen LogP contribution in [0.4, 0.5) is 0 Å². The van der Waals surface area contributed by atoms with Crippen molar-refractivity contribution in [3.8, 4) is 0 Å². The summed E-state index contributed by atoms with van der Waals surface area (Å²) < 4.78 is 0.156. The lowest BCUT2D eigenvalue weighted by Crippen LogP contribution is -2.74. The smallest absolute Gasteiger partial charge is 0.322 e. The summed E-state index contributed by atoms with van der Waals surface area (Å²) in [4.78, 5) is 39.2. The lowest BCUT2D eigenvalue weighted by Gasteiger charge is -2.53. The standard InChI is InChI=1S/C15H16N6O4S3/c1-20-14(17-18-19-20)28-15(13(24)25)6-21-11(23)10(12(21)27-7-15)16-9(22)5-8-3-2-4-26-8/h2-4,10,12H,5-7H2,1H3,(H,16,22)(H,24,25)/t10?,12-,15?/m1/s1. The Bertz CT molecular complexity index is 919. The van der Waals surface area contributed by atoms with E-state index in [2.05, 4.69) is 20.8 Å².